The second-order valence-corrected chi connectivity index (χ2v) is 6.25. The number of aryl methyl sites for hydroxylation is 2. The average Bonchev–Trinajstić information content (AvgIpc) is 3.20. The van der Waals surface area contributed by atoms with E-state index in [0.717, 1.165) is 24.2 Å². The summed E-state index contributed by atoms with van der Waals surface area (Å²) in [6, 6.07) is 0.0749. The Morgan fingerprint density at radius 3 is 3.17 bits per heavy atom. The largest absolute Gasteiger partial charge is 0.370 e. The molecule has 2 aromatic rings. The Kier molecular flexibility index (Phi) is 3.60. The molecule has 0 radical (unpaired) electrons. The molecule has 0 saturated carbocycles. The quantitative estimate of drug-likeness (QED) is 0.826. The van der Waals surface area contributed by atoms with Crippen LogP contribution in [0.4, 0.5) is 0 Å². The third-order valence-electron chi connectivity index (χ3n) is 4.60. The zero-order valence-corrected chi connectivity index (χ0v) is 13.1. The number of aromatic nitrogens is 5. The predicted molar refractivity (Wildman–Crippen MR) is 80.4 cm³/mol. The molecule has 0 aromatic carbocycles. The molecule has 23 heavy (non-hydrogen) atoms. The second-order valence-electron chi connectivity index (χ2n) is 6.25. The lowest BCUT2D eigenvalue weighted by Gasteiger charge is -2.41. The molecule has 8 nitrogen and oxygen atoms in total. The Morgan fingerprint density at radius 1 is 1.43 bits per heavy atom. The van der Waals surface area contributed by atoms with Gasteiger partial charge in [0.05, 0.1) is 36.8 Å². The summed E-state index contributed by atoms with van der Waals surface area (Å²) < 4.78 is 9.61. The van der Waals surface area contributed by atoms with Gasteiger partial charge in [-0.15, -0.1) is 5.10 Å². The molecule has 1 amide bonds. The molecule has 2 aliphatic heterocycles. The Hall–Kier alpha value is -2.22. The van der Waals surface area contributed by atoms with Crippen molar-refractivity contribution in [2.24, 2.45) is 0 Å². The van der Waals surface area contributed by atoms with Gasteiger partial charge in [-0.2, -0.15) is 5.10 Å². The van der Waals surface area contributed by atoms with Gasteiger partial charge in [0.25, 0.3) is 0 Å². The molecule has 0 bridgehead atoms. The number of piperidine rings is 1. The minimum Gasteiger partial charge on any atom is -0.370 e. The average molecular weight is 316 g/mol. The van der Waals surface area contributed by atoms with Crippen molar-refractivity contribution < 1.29 is 9.53 Å². The van der Waals surface area contributed by atoms with Gasteiger partial charge in [0.15, 0.2) is 0 Å². The van der Waals surface area contributed by atoms with E-state index in [9.17, 15) is 4.79 Å². The van der Waals surface area contributed by atoms with Crippen molar-refractivity contribution in [2.75, 3.05) is 13.1 Å². The van der Waals surface area contributed by atoms with Crippen LogP contribution >= 0.6 is 0 Å². The van der Waals surface area contributed by atoms with Crippen molar-refractivity contribution in [3.63, 3.8) is 0 Å². The van der Waals surface area contributed by atoms with Gasteiger partial charge in [-0.05, 0) is 18.9 Å². The first kappa shape index (κ1) is 14.4. The molecule has 122 valence electrons. The highest BCUT2D eigenvalue weighted by molar-refractivity contribution is 5.76. The molecule has 2 aromatic heterocycles. The molecule has 2 aliphatic rings. The summed E-state index contributed by atoms with van der Waals surface area (Å²) >= 11 is 0. The predicted octanol–water partition coefficient (Wildman–Crippen LogP) is 0.546. The number of carbonyl (C=O) groups is 1. The molecule has 0 aliphatic carbocycles. The van der Waals surface area contributed by atoms with Crippen molar-refractivity contribution in [2.45, 2.75) is 45.1 Å². The third-order valence-corrected chi connectivity index (χ3v) is 4.60. The van der Waals surface area contributed by atoms with Gasteiger partial charge in [-0.1, -0.05) is 5.21 Å². The molecule has 4 heterocycles. The number of likely N-dealkylation sites (tertiary alicyclic amines) is 1. The Labute approximate surface area is 134 Å². The number of hydrogen-bond acceptors (Lipinski definition) is 5. The minimum atomic E-state index is 0.0749. The normalized spacial score (nSPS) is 23.4. The molecule has 0 N–H and O–H groups in total. The zero-order valence-electron chi connectivity index (χ0n) is 13.1. The summed E-state index contributed by atoms with van der Waals surface area (Å²) in [5.74, 6) is 0.156. The molecule has 4 rings (SSSR count). The molecule has 1 saturated heterocycles. The summed E-state index contributed by atoms with van der Waals surface area (Å²) in [4.78, 5) is 14.4. The van der Waals surface area contributed by atoms with Gasteiger partial charge in [-0.3, -0.25) is 9.48 Å². The first-order valence-electron chi connectivity index (χ1n) is 7.98. The van der Waals surface area contributed by atoms with Gasteiger partial charge in [0, 0.05) is 32.3 Å². The number of hydrogen-bond donors (Lipinski definition) is 0. The number of amides is 1. The lowest BCUT2D eigenvalue weighted by Crippen LogP contribution is -2.50. The molecular weight excluding hydrogens is 296 g/mol. The van der Waals surface area contributed by atoms with Crippen LogP contribution in [0, 0.1) is 6.92 Å². The molecule has 0 spiro atoms. The topological polar surface area (TPSA) is 78.1 Å². The van der Waals surface area contributed by atoms with Crippen LogP contribution in [0.3, 0.4) is 0 Å². The summed E-state index contributed by atoms with van der Waals surface area (Å²) in [6.07, 6.45) is 6.93. The fourth-order valence-electron chi connectivity index (χ4n) is 3.36. The Balaban J connectivity index is 1.40. The van der Waals surface area contributed by atoms with Crippen molar-refractivity contribution in [1.82, 2.24) is 29.7 Å². The number of ether oxygens (including phenoxy) is 1. The third kappa shape index (κ3) is 2.74. The molecule has 8 heteroatoms. The van der Waals surface area contributed by atoms with Crippen molar-refractivity contribution in [1.29, 1.82) is 0 Å². The summed E-state index contributed by atoms with van der Waals surface area (Å²) in [5, 5.41) is 12.4. The number of rotatable bonds is 3. The maximum absolute atomic E-state index is 12.5. The van der Waals surface area contributed by atoms with E-state index >= 15 is 0 Å². The van der Waals surface area contributed by atoms with Crippen LogP contribution in [0.25, 0.3) is 0 Å². The highest BCUT2D eigenvalue weighted by Crippen LogP contribution is 2.30. The molecule has 2 atom stereocenters. The van der Waals surface area contributed by atoms with Crippen LogP contribution < -0.4 is 0 Å². The van der Waals surface area contributed by atoms with Crippen molar-refractivity contribution in [3.8, 4) is 0 Å². The Bertz CT molecular complexity index is 708. The SMILES string of the molecule is Cc1cnn(CCC(=O)N2CC[C@@H]3OCc4cnnn4[C@H]3C2)c1. The van der Waals surface area contributed by atoms with E-state index in [1.54, 1.807) is 6.20 Å². The highest BCUT2D eigenvalue weighted by Gasteiger charge is 2.37. The van der Waals surface area contributed by atoms with Gasteiger partial charge in [-0.25, -0.2) is 4.68 Å². The molecule has 1 fully saturated rings. The summed E-state index contributed by atoms with van der Waals surface area (Å²) in [7, 11) is 0. The van der Waals surface area contributed by atoms with Crippen LogP contribution in [0.5, 0.6) is 0 Å². The summed E-state index contributed by atoms with van der Waals surface area (Å²) in [5.41, 5.74) is 2.09. The van der Waals surface area contributed by atoms with Gasteiger partial charge >= 0.3 is 0 Å². The van der Waals surface area contributed by atoms with E-state index < -0.39 is 0 Å². The van der Waals surface area contributed by atoms with Crippen LogP contribution in [0.1, 0.15) is 30.1 Å². The lowest BCUT2D eigenvalue weighted by atomic mass is 10.00. The van der Waals surface area contributed by atoms with Crippen molar-refractivity contribution in [3.05, 3.63) is 29.8 Å². The number of nitrogens with zero attached hydrogens (tertiary/aromatic N) is 6. The lowest BCUT2D eigenvalue weighted by molar-refractivity contribution is -0.138. The molecular formula is C15H20N6O2. The van der Waals surface area contributed by atoms with Gasteiger partial charge in [0.2, 0.25) is 5.91 Å². The molecule has 0 unspecified atom stereocenters. The standard InChI is InChI=1S/C15H20N6O2/c1-11-6-17-20(8-11)5-3-15(22)19-4-2-14-13(9-19)21-12(10-23-14)7-16-18-21/h6-8,13-14H,2-5,9-10H2,1H3/t13-,14-/m0/s1. The maximum atomic E-state index is 12.5. The van der Waals surface area contributed by atoms with E-state index in [4.69, 9.17) is 4.74 Å². The first-order valence-corrected chi connectivity index (χ1v) is 7.98. The monoisotopic (exact) mass is 316 g/mol. The fraction of sp³-hybridized carbons (Fsp3) is 0.600. The van der Waals surface area contributed by atoms with Crippen molar-refractivity contribution >= 4 is 5.91 Å². The van der Waals surface area contributed by atoms with E-state index in [1.165, 1.54) is 0 Å². The van der Waals surface area contributed by atoms with Crippen LogP contribution in [-0.2, 0) is 22.7 Å². The zero-order chi connectivity index (χ0) is 15.8. The Morgan fingerprint density at radius 2 is 2.35 bits per heavy atom. The smallest absolute Gasteiger partial charge is 0.224 e. The first-order chi connectivity index (χ1) is 11.2. The fourth-order valence-corrected chi connectivity index (χ4v) is 3.36. The van der Waals surface area contributed by atoms with E-state index in [1.807, 2.05) is 33.6 Å². The minimum absolute atomic E-state index is 0.0749. The van der Waals surface area contributed by atoms with E-state index in [0.29, 0.717) is 26.1 Å². The van der Waals surface area contributed by atoms with E-state index in [-0.39, 0.29) is 18.1 Å². The maximum Gasteiger partial charge on any atom is 0.224 e. The van der Waals surface area contributed by atoms with Crippen LogP contribution in [-0.4, -0.2) is 54.8 Å². The summed E-state index contributed by atoms with van der Waals surface area (Å²) in [6.45, 7) is 4.54. The second kappa shape index (κ2) is 5.77. The van der Waals surface area contributed by atoms with Gasteiger partial charge in [0.1, 0.15) is 0 Å². The number of fused-ring (bicyclic) bond motifs is 3. The highest BCUT2D eigenvalue weighted by atomic mass is 16.5. The van der Waals surface area contributed by atoms with Gasteiger partial charge < -0.3 is 9.64 Å². The van der Waals surface area contributed by atoms with Crippen LogP contribution in [0.2, 0.25) is 0 Å². The van der Waals surface area contributed by atoms with E-state index in [2.05, 4.69) is 15.4 Å². The van der Waals surface area contributed by atoms with Crippen LogP contribution in [0.15, 0.2) is 18.6 Å². The number of carbonyl (C=O) groups excluding carboxylic acids is 1.